The smallest absolute Gasteiger partial charge is 0.341 e. The van der Waals surface area contributed by atoms with Crippen molar-refractivity contribution in [2.45, 2.75) is 46.3 Å². The lowest BCUT2D eigenvalue weighted by atomic mass is 9.93. The van der Waals surface area contributed by atoms with Gasteiger partial charge >= 0.3 is 5.97 Å². The first-order chi connectivity index (χ1) is 13.7. The molecule has 0 aliphatic carbocycles. The Morgan fingerprint density at radius 2 is 1.83 bits per heavy atom. The van der Waals surface area contributed by atoms with Crippen LogP contribution in [-0.4, -0.2) is 42.3 Å². The lowest BCUT2D eigenvalue weighted by molar-refractivity contribution is -0.139. The van der Waals surface area contributed by atoms with Crippen molar-refractivity contribution in [2.24, 2.45) is 4.99 Å². The summed E-state index contributed by atoms with van der Waals surface area (Å²) in [7, 11) is 1.59. The number of nitrogens with zero attached hydrogens (tertiary/aromatic N) is 1. The van der Waals surface area contributed by atoms with Gasteiger partial charge in [0.2, 0.25) is 6.29 Å². The predicted molar refractivity (Wildman–Crippen MR) is 113 cm³/mol. The van der Waals surface area contributed by atoms with Crippen LogP contribution in [0, 0.1) is 13.8 Å². The third-order valence-electron chi connectivity index (χ3n) is 4.63. The summed E-state index contributed by atoms with van der Waals surface area (Å²) in [6, 6.07) is 9.71. The van der Waals surface area contributed by atoms with Gasteiger partial charge in [0.15, 0.2) is 6.61 Å². The van der Waals surface area contributed by atoms with Crippen molar-refractivity contribution in [3.63, 3.8) is 0 Å². The first-order valence-corrected chi connectivity index (χ1v) is 9.55. The maximum atomic E-state index is 10.7. The fraction of sp³-hybridized carbons (Fsp3) is 0.391. The van der Waals surface area contributed by atoms with Crippen LogP contribution in [0.2, 0.25) is 0 Å². The summed E-state index contributed by atoms with van der Waals surface area (Å²) >= 11 is 0. The number of aliphatic imine (C=N–C) groups is 1. The molecular formula is C23H29NO5. The van der Waals surface area contributed by atoms with Gasteiger partial charge in [-0.15, -0.1) is 0 Å². The summed E-state index contributed by atoms with van der Waals surface area (Å²) < 4.78 is 10.9. The van der Waals surface area contributed by atoms with E-state index in [1.807, 2.05) is 38.1 Å². The molecule has 0 aliphatic heterocycles. The molecule has 2 rings (SSSR count). The van der Waals surface area contributed by atoms with Crippen molar-refractivity contribution in [2.75, 3.05) is 13.7 Å². The van der Waals surface area contributed by atoms with Crippen LogP contribution in [0.4, 0.5) is 0 Å². The van der Waals surface area contributed by atoms with Gasteiger partial charge in [0.1, 0.15) is 11.5 Å². The second kappa shape index (κ2) is 10.1. The molecule has 6 heteroatoms. The molecule has 0 aromatic heterocycles. The minimum Gasteiger partial charge on any atom is -0.482 e. The third-order valence-corrected chi connectivity index (χ3v) is 4.63. The van der Waals surface area contributed by atoms with Crippen LogP contribution >= 0.6 is 0 Å². The number of ether oxygens (including phenoxy) is 2. The third kappa shape index (κ3) is 6.32. The van der Waals surface area contributed by atoms with Gasteiger partial charge in [-0.25, -0.2) is 4.79 Å². The van der Waals surface area contributed by atoms with E-state index in [0.717, 1.165) is 28.7 Å². The van der Waals surface area contributed by atoms with Crippen LogP contribution in [0.5, 0.6) is 11.5 Å². The Hall–Kier alpha value is -2.86. The average Bonchev–Trinajstić information content (AvgIpc) is 2.64. The van der Waals surface area contributed by atoms with Crippen molar-refractivity contribution in [3.8, 4) is 11.5 Å². The quantitative estimate of drug-likeness (QED) is 0.493. The molecule has 1 unspecified atom stereocenters. The maximum absolute atomic E-state index is 10.7. The number of aliphatic carboxylic acids is 1. The molecule has 2 aromatic carbocycles. The van der Waals surface area contributed by atoms with Crippen LogP contribution < -0.4 is 9.47 Å². The first-order valence-electron chi connectivity index (χ1n) is 9.55. The molecule has 0 amide bonds. The zero-order chi connectivity index (χ0) is 21.6. The SMILES string of the molecule is CN=CC(O)Oc1ccc(Cc2c(C)cc(OCC(=O)O)cc2C)cc1C(C)C. The number of hydrogen-bond donors (Lipinski definition) is 2. The van der Waals surface area contributed by atoms with Crippen molar-refractivity contribution < 1.29 is 24.5 Å². The van der Waals surface area contributed by atoms with Crippen molar-refractivity contribution in [1.82, 2.24) is 0 Å². The molecule has 1 atom stereocenters. The van der Waals surface area contributed by atoms with Gasteiger partial charge in [-0.1, -0.05) is 26.0 Å². The minimum absolute atomic E-state index is 0.227. The Morgan fingerprint density at radius 1 is 1.17 bits per heavy atom. The highest BCUT2D eigenvalue weighted by Gasteiger charge is 2.14. The number of carboxylic acids is 1. The van der Waals surface area contributed by atoms with Crippen molar-refractivity contribution in [3.05, 3.63) is 58.1 Å². The molecule has 0 saturated carbocycles. The Labute approximate surface area is 171 Å². The van der Waals surface area contributed by atoms with Crippen molar-refractivity contribution in [1.29, 1.82) is 0 Å². The van der Waals surface area contributed by atoms with Crippen LogP contribution in [-0.2, 0) is 11.2 Å². The highest BCUT2D eigenvalue weighted by atomic mass is 16.6. The standard InChI is InChI=1S/C23H29NO5/c1-14(2)19-10-17(6-7-21(19)29-23(27)12-24-5)11-20-15(3)8-18(9-16(20)4)28-13-22(25)26/h6-10,12,14,23,27H,11,13H2,1-5H3,(H,25,26). The summed E-state index contributed by atoms with van der Waals surface area (Å²) in [5.41, 5.74) is 5.42. The zero-order valence-electron chi connectivity index (χ0n) is 17.6. The van der Waals surface area contributed by atoms with E-state index in [4.69, 9.17) is 14.6 Å². The van der Waals surface area contributed by atoms with Gasteiger partial charge < -0.3 is 19.7 Å². The minimum atomic E-state index is -1.08. The van der Waals surface area contributed by atoms with E-state index in [9.17, 15) is 9.90 Å². The van der Waals surface area contributed by atoms with Crippen LogP contribution in [0.25, 0.3) is 0 Å². The number of aliphatic hydroxyl groups excluding tert-OH is 1. The number of aliphatic hydroxyl groups is 1. The van der Waals surface area contributed by atoms with Crippen LogP contribution in [0.15, 0.2) is 35.3 Å². The number of rotatable bonds is 9. The Bertz CT molecular complexity index is 866. The van der Waals surface area contributed by atoms with Gasteiger partial charge in [-0.2, -0.15) is 0 Å². The summed E-state index contributed by atoms with van der Waals surface area (Å²) in [6.45, 7) is 7.80. The number of carboxylic acid groups (broad SMARTS) is 1. The topological polar surface area (TPSA) is 88.4 Å². The Balaban J connectivity index is 2.27. The van der Waals surface area contributed by atoms with E-state index in [0.29, 0.717) is 11.5 Å². The van der Waals surface area contributed by atoms with E-state index >= 15 is 0 Å². The fourth-order valence-electron chi connectivity index (χ4n) is 3.22. The lowest BCUT2D eigenvalue weighted by Crippen LogP contribution is -2.18. The Morgan fingerprint density at radius 3 is 2.38 bits per heavy atom. The fourth-order valence-corrected chi connectivity index (χ4v) is 3.22. The molecule has 0 heterocycles. The number of aryl methyl sites for hydroxylation is 2. The monoisotopic (exact) mass is 399 g/mol. The van der Waals surface area contributed by atoms with Gasteiger partial charge in [0.25, 0.3) is 0 Å². The lowest BCUT2D eigenvalue weighted by Gasteiger charge is -2.18. The second-order valence-corrected chi connectivity index (χ2v) is 7.34. The summed E-state index contributed by atoms with van der Waals surface area (Å²) in [4.78, 5) is 14.5. The molecule has 0 spiro atoms. The van der Waals surface area contributed by atoms with Crippen LogP contribution in [0.1, 0.15) is 47.6 Å². The van der Waals surface area contributed by atoms with E-state index in [1.54, 1.807) is 7.05 Å². The molecule has 29 heavy (non-hydrogen) atoms. The number of benzene rings is 2. The summed E-state index contributed by atoms with van der Waals surface area (Å²) in [5, 5.41) is 18.7. The molecular weight excluding hydrogens is 370 g/mol. The highest BCUT2D eigenvalue weighted by molar-refractivity contribution is 5.68. The van der Waals surface area contributed by atoms with E-state index in [1.165, 1.54) is 11.8 Å². The first kappa shape index (κ1) is 22.4. The van der Waals surface area contributed by atoms with E-state index < -0.39 is 12.3 Å². The Kier molecular flexibility index (Phi) is 7.79. The molecule has 2 N–H and O–H groups in total. The number of carbonyl (C=O) groups is 1. The van der Waals surface area contributed by atoms with Gasteiger partial charge in [0, 0.05) is 7.05 Å². The summed E-state index contributed by atoms with van der Waals surface area (Å²) in [5.74, 6) is 0.430. The second-order valence-electron chi connectivity index (χ2n) is 7.34. The number of hydrogen-bond acceptors (Lipinski definition) is 5. The molecule has 0 bridgehead atoms. The normalized spacial score (nSPS) is 12.4. The van der Waals surface area contributed by atoms with Crippen LogP contribution in [0.3, 0.4) is 0 Å². The molecule has 2 aromatic rings. The largest absolute Gasteiger partial charge is 0.482 e. The maximum Gasteiger partial charge on any atom is 0.341 e. The molecule has 0 aliphatic rings. The van der Waals surface area contributed by atoms with Crippen molar-refractivity contribution >= 4 is 12.2 Å². The molecule has 0 fully saturated rings. The average molecular weight is 399 g/mol. The highest BCUT2D eigenvalue weighted by Crippen LogP contribution is 2.30. The van der Waals surface area contributed by atoms with Gasteiger partial charge in [-0.05, 0) is 72.2 Å². The predicted octanol–water partition coefficient (Wildman–Crippen LogP) is 3.88. The molecule has 156 valence electrons. The molecule has 0 saturated heterocycles. The van der Waals surface area contributed by atoms with Gasteiger partial charge in [0.05, 0.1) is 6.21 Å². The van der Waals surface area contributed by atoms with E-state index in [2.05, 4.69) is 24.9 Å². The molecule has 0 radical (unpaired) electrons. The van der Waals surface area contributed by atoms with Gasteiger partial charge in [-0.3, -0.25) is 4.99 Å². The summed E-state index contributed by atoms with van der Waals surface area (Å²) in [6.07, 6.45) is 1.00. The van der Waals surface area contributed by atoms with E-state index in [-0.39, 0.29) is 12.5 Å². The zero-order valence-corrected chi connectivity index (χ0v) is 17.6. The molecule has 6 nitrogen and oxygen atoms in total.